The van der Waals surface area contributed by atoms with Crippen LogP contribution in [0.25, 0.3) is 11.4 Å². The fraction of sp³-hybridized carbons (Fsp3) is 0.111. The van der Waals surface area contributed by atoms with Crippen molar-refractivity contribution in [1.29, 1.82) is 0 Å². The van der Waals surface area contributed by atoms with E-state index in [1.807, 2.05) is 25.1 Å². The fourth-order valence-corrected chi connectivity index (χ4v) is 1.04. The zero-order valence-electron chi connectivity index (χ0n) is 6.61. The molecule has 3 heteroatoms. The Morgan fingerprint density at radius 2 is 2.42 bits per heavy atom. The molecule has 0 saturated carbocycles. The van der Waals surface area contributed by atoms with E-state index < -0.39 is 0 Å². The lowest BCUT2D eigenvalue weighted by atomic mass is 10.1. The van der Waals surface area contributed by atoms with Gasteiger partial charge in [0, 0.05) is 5.56 Å². The van der Waals surface area contributed by atoms with Gasteiger partial charge in [-0.15, -0.1) is 0 Å². The van der Waals surface area contributed by atoms with Gasteiger partial charge in [0.2, 0.25) is 12.2 Å². The van der Waals surface area contributed by atoms with E-state index in [9.17, 15) is 0 Å². The third kappa shape index (κ3) is 1.09. The van der Waals surface area contributed by atoms with Crippen LogP contribution in [0.1, 0.15) is 5.56 Å². The average molecular weight is 159 g/mol. The van der Waals surface area contributed by atoms with E-state index in [-0.39, 0.29) is 0 Å². The van der Waals surface area contributed by atoms with Gasteiger partial charge in [0.1, 0.15) is 0 Å². The fourth-order valence-electron chi connectivity index (χ4n) is 1.04. The first-order valence-corrected chi connectivity index (χ1v) is 3.62. The lowest BCUT2D eigenvalue weighted by molar-refractivity contribution is 0.418. The number of benzene rings is 1. The first-order valence-electron chi connectivity index (χ1n) is 3.62. The van der Waals surface area contributed by atoms with E-state index in [1.54, 1.807) is 0 Å². The minimum atomic E-state index is 0.591. The number of aromatic nitrogens is 2. The molecule has 3 nitrogen and oxygen atoms in total. The van der Waals surface area contributed by atoms with Gasteiger partial charge in [-0.25, -0.2) is 0 Å². The molecule has 0 saturated heterocycles. The van der Waals surface area contributed by atoms with Crippen LogP contribution in [0.4, 0.5) is 0 Å². The quantitative estimate of drug-likeness (QED) is 0.637. The van der Waals surface area contributed by atoms with Crippen molar-refractivity contribution in [3.8, 4) is 11.4 Å². The molecule has 0 aliphatic rings. The van der Waals surface area contributed by atoms with E-state index in [1.165, 1.54) is 6.39 Å². The Bertz CT molecular complexity index is 368. The van der Waals surface area contributed by atoms with E-state index in [2.05, 4.69) is 20.7 Å². The summed E-state index contributed by atoms with van der Waals surface area (Å²) in [4.78, 5) is 3.94. The molecule has 0 bridgehead atoms. The van der Waals surface area contributed by atoms with Crippen LogP contribution in [0, 0.1) is 13.0 Å². The zero-order chi connectivity index (χ0) is 8.39. The molecule has 0 fully saturated rings. The number of hydrogen-bond acceptors (Lipinski definition) is 3. The zero-order valence-corrected chi connectivity index (χ0v) is 6.61. The van der Waals surface area contributed by atoms with Crippen molar-refractivity contribution in [2.45, 2.75) is 6.92 Å². The van der Waals surface area contributed by atoms with E-state index in [4.69, 9.17) is 0 Å². The Morgan fingerprint density at radius 1 is 1.50 bits per heavy atom. The van der Waals surface area contributed by atoms with Gasteiger partial charge in [-0.3, -0.25) is 0 Å². The van der Waals surface area contributed by atoms with Gasteiger partial charge in [0.05, 0.1) is 0 Å². The number of aryl methyl sites for hydroxylation is 1. The molecule has 1 radical (unpaired) electrons. The Kier molecular flexibility index (Phi) is 1.63. The molecule has 1 heterocycles. The molecule has 0 N–H and O–H groups in total. The molecule has 1 aromatic carbocycles. The van der Waals surface area contributed by atoms with E-state index >= 15 is 0 Å². The molecule has 59 valence electrons. The van der Waals surface area contributed by atoms with Gasteiger partial charge >= 0.3 is 0 Å². The summed E-state index contributed by atoms with van der Waals surface area (Å²) in [6, 6.07) is 8.80. The highest BCUT2D eigenvalue weighted by Crippen LogP contribution is 2.17. The van der Waals surface area contributed by atoms with Crippen molar-refractivity contribution >= 4 is 0 Å². The summed E-state index contributed by atoms with van der Waals surface area (Å²) in [7, 11) is 0. The lowest BCUT2D eigenvalue weighted by Gasteiger charge is -1.96. The highest BCUT2D eigenvalue weighted by Gasteiger charge is 2.04. The maximum absolute atomic E-state index is 4.64. The van der Waals surface area contributed by atoms with Crippen LogP contribution in [0.15, 0.2) is 29.1 Å². The minimum absolute atomic E-state index is 0.591. The molecule has 1 aromatic heterocycles. The second-order valence-electron chi connectivity index (χ2n) is 2.48. The van der Waals surface area contributed by atoms with Crippen molar-refractivity contribution < 1.29 is 4.52 Å². The van der Waals surface area contributed by atoms with Crippen LogP contribution in [0.5, 0.6) is 0 Å². The second-order valence-corrected chi connectivity index (χ2v) is 2.48. The van der Waals surface area contributed by atoms with Crippen LogP contribution < -0.4 is 0 Å². The number of rotatable bonds is 1. The minimum Gasteiger partial charge on any atom is -0.342 e. The van der Waals surface area contributed by atoms with Crippen LogP contribution >= 0.6 is 0 Å². The smallest absolute Gasteiger partial charge is 0.214 e. The summed E-state index contributed by atoms with van der Waals surface area (Å²) in [5.74, 6) is 0.591. The van der Waals surface area contributed by atoms with Crippen LogP contribution in [0.3, 0.4) is 0 Å². The van der Waals surface area contributed by atoms with Crippen molar-refractivity contribution in [3.05, 3.63) is 36.2 Å². The van der Waals surface area contributed by atoms with Gasteiger partial charge < -0.3 is 4.52 Å². The van der Waals surface area contributed by atoms with E-state index in [0.717, 1.165) is 11.1 Å². The lowest BCUT2D eigenvalue weighted by Crippen LogP contribution is -1.84. The average Bonchev–Trinajstić information content (AvgIpc) is 2.57. The molecule has 2 aromatic rings. The monoisotopic (exact) mass is 159 g/mol. The maximum atomic E-state index is 4.64. The standard InChI is InChI=1S/C9H7N2O/c1-7-4-2-3-5-8(7)9-10-6-12-11-9/h2-4,6H,1H3. The first-order chi connectivity index (χ1) is 5.88. The van der Waals surface area contributed by atoms with Crippen molar-refractivity contribution in [2.24, 2.45) is 0 Å². The Hall–Kier alpha value is -1.64. The Morgan fingerprint density at radius 3 is 3.08 bits per heavy atom. The number of hydrogen-bond donors (Lipinski definition) is 0. The summed E-state index contributed by atoms with van der Waals surface area (Å²) in [6.07, 6.45) is 1.32. The number of nitrogens with zero attached hydrogens (tertiary/aromatic N) is 2. The SMILES string of the molecule is Cc1ccc[c]c1-c1ncon1. The predicted molar refractivity (Wildman–Crippen MR) is 43.3 cm³/mol. The molecule has 0 aliphatic carbocycles. The van der Waals surface area contributed by atoms with Gasteiger partial charge in [0.15, 0.2) is 0 Å². The molecule has 0 atom stereocenters. The van der Waals surface area contributed by atoms with Crippen molar-refractivity contribution in [1.82, 2.24) is 10.1 Å². The van der Waals surface area contributed by atoms with E-state index in [0.29, 0.717) is 5.82 Å². The first kappa shape index (κ1) is 7.03. The molecule has 2 rings (SSSR count). The molecular weight excluding hydrogens is 152 g/mol. The largest absolute Gasteiger partial charge is 0.342 e. The normalized spacial score (nSPS) is 10.1. The van der Waals surface area contributed by atoms with Crippen molar-refractivity contribution in [3.63, 3.8) is 0 Å². The summed E-state index contributed by atoms with van der Waals surface area (Å²) < 4.78 is 4.64. The van der Waals surface area contributed by atoms with Gasteiger partial charge in [-0.05, 0) is 18.6 Å². The highest BCUT2D eigenvalue weighted by molar-refractivity contribution is 5.57. The topological polar surface area (TPSA) is 38.9 Å². The molecule has 0 unspecified atom stereocenters. The van der Waals surface area contributed by atoms with Crippen LogP contribution in [-0.4, -0.2) is 10.1 Å². The van der Waals surface area contributed by atoms with Gasteiger partial charge in [-0.2, -0.15) is 4.98 Å². The highest BCUT2D eigenvalue weighted by atomic mass is 16.5. The van der Waals surface area contributed by atoms with Crippen LogP contribution in [0.2, 0.25) is 0 Å². The van der Waals surface area contributed by atoms with Gasteiger partial charge in [-0.1, -0.05) is 23.4 Å². The Balaban J connectivity index is 2.55. The molecule has 0 spiro atoms. The summed E-state index contributed by atoms with van der Waals surface area (Å²) >= 11 is 0. The maximum Gasteiger partial charge on any atom is 0.214 e. The summed E-state index contributed by atoms with van der Waals surface area (Å²) in [5.41, 5.74) is 1.99. The van der Waals surface area contributed by atoms with Gasteiger partial charge in [0.25, 0.3) is 0 Å². The second kappa shape index (κ2) is 2.77. The third-order valence-electron chi connectivity index (χ3n) is 1.65. The molecule has 0 amide bonds. The molecule has 0 aliphatic heterocycles. The summed E-state index contributed by atoms with van der Waals surface area (Å²) in [6.45, 7) is 1.99. The van der Waals surface area contributed by atoms with Crippen molar-refractivity contribution in [2.75, 3.05) is 0 Å². The predicted octanol–water partition coefficient (Wildman–Crippen LogP) is 1.85. The Labute approximate surface area is 70.0 Å². The molecular formula is C9H7N2O. The summed E-state index contributed by atoms with van der Waals surface area (Å²) in [5, 5.41) is 3.73. The third-order valence-corrected chi connectivity index (χ3v) is 1.65. The molecule has 12 heavy (non-hydrogen) atoms. The van der Waals surface area contributed by atoms with Crippen LogP contribution in [-0.2, 0) is 0 Å².